The molecule has 1 saturated heterocycles. The van der Waals surface area contributed by atoms with Gasteiger partial charge in [0.25, 0.3) is 0 Å². The second-order valence-electron chi connectivity index (χ2n) is 5.49. The van der Waals surface area contributed by atoms with Crippen LogP contribution in [0.2, 0.25) is 0 Å². The highest BCUT2D eigenvalue weighted by atomic mass is 16.5. The van der Waals surface area contributed by atoms with E-state index in [9.17, 15) is 0 Å². The molecule has 18 heavy (non-hydrogen) atoms. The van der Waals surface area contributed by atoms with Crippen molar-refractivity contribution in [3.8, 4) is 0 Å². The lowest BCUT2D eigenvalue weighted by molar-refractivity contribution is 0.0674. The van der Waals surface area contributed by atoms with Crippen LogP contribution in [-0.4, -0.2) is 43.7 Å². The molecule has 2 N–H and O–H groups in total. The van der Waals surface area contributed by atoms with E-state index in [1.807, 2.05) is 0 Å². The number of rotatable bonds is 5. The Morgan fingerprint density at radius 2 is 1.89 bits per heavy atom. The van der Waals surface area contributed by atoms with E-state index in [-0.39, 0.29) is 0 Å². The van der Waals surface area contributed by atoms with Crippen LogP contribution in [0.3, 0.4) is 0 Å². The summed E-state index contributed by atoms with van der Waals surface area (Å²) in [6.45, 7) is 4.21. The second kappa shape index (κ2) is 7.62. The Balaban J connectivity index is 1.55. The van der Waals surface area contributed by atoms with Crippen LogP contribution in [0.4, 0.5) is 0 Å². The highest BCUT2D eigenvalue weighted by Gasteiger charge is 2.14. The molecule has 1 aliphatic carbocycles. The first kappa shape index (κ1) is 13.7. The maximum absolute atomic E-state index is 5.97. The van der Waals surface area contributed by atoms with E-state index in [2.05, 4.69) is 9.89 Å². The largest absolute Gasteiger partial charge is 0.378 e. The van der Waals surface area contributed by atoms with Gasteiger partial charge < -0.3 is 15.4 Å². The number of hydrogen-bond donors (Lipinski definition) is 1. The molecule has 2 fully saturated rings. The fourth-order valence-electron chi connectivity index (χ4n) is 2.93. The summed E-state index contributed by atoms with van der Waals surface area (Å²) in [5, 5.41) is 0. The topological polar surface area (TPSA) is 50.8 Å². The molecule has 2 aliphatic rings. The lowest BCUT2D eigenvalue weighted by atomic mass is 10.0. The molecular formula is C14H27N3O. The molecule has 4 nitrogen and oxygen atoms in total. The number of hydrogen-bond acceptors (Lipinski definition) is 2. The number of aliphatic imine (C=N–C) groups is 1. The third-order valence-electron chi connectivity index (χ3n) is 4.10. The van der Waals surface area contributed by atoms with E-state index in [1.54, 1.807) is 0 Å². The molecule has 0 amide bonds. The van der Waals surface area contributed by atoms with E-state index in [1.165, 1.54) is 44.9 Å². The zero-order valence-corrected chi connectivity index (χ0v) is 11.4. The first-order valence-corrected chi connectivity index (χ1v) is 7.49. The summed E-state index contributed by atoms with van der Waals surface area (Å²) in [7, 11) is 0. The minimum Gasteiger partial charge on any atom is -0.378 e. The van der Waals surface area contributed by atoms with Crippen molar-refractivity contribution < 1.29 is 4.74 Å². The molecule has 0 atom stereocenters. The molecule has 0 unspecified atom stereocenters. The van der Waals surface area contributed by atoms with Crippen molar-refractivity contribution in [3.05, 3.63) is 0 Å². The SMILES string of the molecule is NC(=NCCCCC1CCCC1)N1CCOCC1. The van der Waals surface area contributed by atoms with Gasteiger partial charge in [0.15, 0.2) is 5.96 Å². The maximum Gasteiger partial charge on any atom is 0.191 e. The Morgan fingerprint density at radius 3 is 2.61 bits per heavy atom. The second-order valence-corrected chi connectivity index (χ2v) is 5.49. The van der Waals surface area contributed by atoms with Crippen molar-refractivity contribution in [1.82, 2.24) is 4.90 Å². The van der Waals surface area contributed by atoms with Gasteiger partial charge >= 0.3 is 0 Å². The lowest BCUT2D eigenvalue weighted by Crippen LogP contribution is -2.44. The number of unbranched alkanes of at least 4 members (excludes halogenated alkanes) is 1. The van der Waals surface area contributed by atoms with E-state index in [0.717, 1.165) is 38.8 Å². The van der Waals surface area contributed by atoms with Crippen molar-refractivity contribution in [2.45, 2.75) is 44.9 Å². The Hall–Kier alpha value is -0.770. The standard InChI is InChI=1S/C14H27N3O/c15-14(17-9-11-18-12-10-17)16-8-4-3-7-13-5-1-2-6-13/h13H,1-12H2,(H2,15,16). The van der Waals surface area contributed by atoms with E-state index in [0.29, 0.717) is 5.96 Å². The van der Waals surface area contributed by atoms with Gasteiger partial charge in [0.05, 0.1) is 13.2 Å². The summed E-state index contributed by atoms with van der Waals surface area (Å²) in [6.07, 6.45) is 9.71. The first-order chi connectivity index (χ1) is 8.86. The van der Waals surface area contributed by atoms with Gasteiger partial charge in [-0.2, -0.15) is 0 Å². The Labute approximate surface area is 111 Å². The highest BCUT2D eigenvalue weighted by Crippen LogP contribution is 2.28. The molecule has 0 aromatic carbocycles. The Bertz CT molecular complexity index is 256. The van der Waals surface area contributed by atoms with Gasteiger partial charge in [0.1, 0.15) is 0 Å². The molecule has 1 aliphatic heterocycles. The van der Waals surface area contributed by atoms with Crippen LogP contribution in [0, 0.1) is 5.92 Å². The molecule has 0 aromatic rings. The number of ether oxygens (including phenoxy) is 1. The van der Waals surface area contributed by atoms with Gasteiger partial charge in [-0.3, -0.25) is 4.99 Å². The van der Waals surface area contributed by atoms with Gasteiger partial charge in [0, 0.05) is 19.6 Å². The van der Waals surface area contributed by atoms with Crippen molar-refractivity contribution in [2.24, 2.45) is 16.6 Å². The van der Waals surface area contributed by atoms with E-state index >= 15 is 0 Å². The number of nitrogens with two attached hydrogens (primary N) is 1. The van der Waals surface area contributed by atoms with E-state index < -0.39 is 0 Å². The van der Waals surface area contributed by atoms with Crippen molar-refractivity contribution in [1.29, 1.82) is 0 Å². The quantitative estimate of drug-likeness (QED) is 0.463. The van der Waals surface area contributed by atoms with Gasteiger partial charge in [0.2, 0.25) is 0 Å². The van der Waals surface area contributed by atoms with Crippen LogP contribution in [0.5, 0.6) is 0 Å². The first-order valence-electron chi connectivity index (χ1n) is 7.49. The Kier molecular flexibility index (Phi) is 5.78. The summed E-state index contributed by atoms with van der Waals surface area (Å²) in [5.74, 6) is 1.71. The van der Waals surface area contributed by atoms with Gasteiger partial charge in [-0.1, -0.05) is 38.5 Å². The molecule has 0 spiro atoms. The van der Waals surface area contributed by atoms with Crippen LogP contribution >= 0.6 is 0 Å². The normalized spacial score (nSPS) is 22.7. The van der Waals surface area contributed by atoms with Crippen molar-refractivity contribution in [3.63, 3.8) is 0 Å². The zero-order chi connectivity index (χ0) is 12.6. The number of guanidine groups is 1. The van der Waals surface area contributed by atoms with Crippen LogP contribution in [0.15, 0.2) is 4.99 Å². The predicted molar refractivity (Wildman–Crippen MR) is 74.7 cm³/mol. The average Bonchev–Trinajstić information content (AvgIpc) is 2.92. The number of nitrogens with zero attached hydrogens (tertiary/aromatic N) is 2. The summed E-state index contributed by atoms with van der Waals surface area (Å²) in [4.78, 5) is 6.60. The zero-order valence-electron chi connectivity index (χ0n) is 11.4. The summed E-state index contributed by atoms with van der Waals surface area (Å²) in [5.41, 5.74) is 5.97. The minimum absolute atomic E-state index is 0.708. The molecule has 0 radical (unpaired) electrons. The van der Waals surface area contributed by atoms with Crippen molar-refractivity contribution >= 4 is 5.96 Å². The predicted octanol–water partition coefficient (Wildman–Crippen LogP) is 1.99. The smallest absolute Gasteiger partial charge is 0.191 e. The van der Waals surface area contributed by atoms with Gasteiger partial charge in [-0.15, -0.1) is 0 Å². The van der Waals surface area contributed by atoms with Crippen LogP contribution < -0.4 is 5.73 Å². The summed E-state index contributed by atoms with van der Waals surface area (Å²) >= 11 is 0. The monoisotopic (exact) mass is 253 g/mol. The molecular weight excluding hydrogens is 226 g/mol. The molecule has 104 valence electrons. The fourth-order valence-corrected chi connectivity index (χ4v) is 2.93. The van der Waals surface area contributed by atoms with Crippen molar-refractivity contribution in [2.75, 3.05) is 32.8 Å². The molecule has 0 bridgehead atoms. The molecule has 4 heteroatoms. The molecule has 1 saturated carbocycles. The summed E-state index contributed by atoms with van der Waals surface area (Å²) in [6, 6.07) is 0. The van der Waals surface area contributed by atoms with Crippen LogP contribution in [0.1, 0.15) is 44.9 Å². The highest BCUT2D eigenvalue weighted by molar-refractivity contribution is 5.78. The lowest BCUT2D eigenvalue weighted by Gasteiger charge is -2.27. The molecule has 0 aromatic heterocycles. The Morgan fingerprint density at radius 1 is 1.17 bits per heavy atom. The van der Waals surface area contributed by atoms with E-state index in [4.69, 9.17) is 10.5 Å². The third kappa shape index (κ3) is 4.48. The molecule has 2 rings (SSSR count). The average molecular weight is 253 g/mol. The third-order valence-corrected chi connectivity index (χ3v) is 4.10. The van der Waals surface area contributed by atoms with Gasteiger partial charge in [-0.05, 0) is 12.3 Å². The van der Waals surface area contributed by atoms with Gasteiger partial charge in [-0.25, -0.2) is 0 Å². The summed E-state index contributed by atoms with van der Waals surface area (Å²) < 4.78 is 5.30. The fraction of sp³-hybridized carbons (Fsp3) is 0.929. The van der Waals surface area contributed by atoms with Crippen LogP contribution in [-0.2, 0) is 4.74 Å². The molecule has 1 heterocycles. The number of morpholine rings is 1. The maximum atomic E-state index is 5.97. The van der Waals surface area contributed by atoms with Crippen LogP contribution in [0.25, 0.3) is 0 Å². The minimum atomic E-state index is 0.708.